The van der Waals surface area contributed by atoms with Crippen molar-refractivity contribution in [1.29, 1.82) is 0 Å². The maximum Gasteiger partial charge on any atom is 0.347 e. The summed E-state index contributed by atoms with van der Waals surface area (Å²) in [6, 6.07) is 6.37. The van der Waals surface area contributed by atoms with Crippen molar-refractivity contribution in [3.05, 3.63) is 59.7 Å². The molecule has 0 saturated heterocycles. The first kappa shape index (κ1) is 20.2. The van der Waals surface area contributed by atoms with E-state index in [0.29, 0.717) is 6.07 Å². The van der Waals surface area contributed by atoms with Crippen LogP contribution in [-0.4, -0.2) is 24.1 Å². The molecule has 0 aliphatic heterocycles. The van der Waals surface area contributed by atoms with Gasteiger partial charge in [-0.1, -0.05) is 0 Å². The summed E-state index contributed by atoms with van der Waals surface area (Å²) in [5.74, 6) is -6.85. The van der Waals surface area contributed by atoms with Gasteiger partial charge >= 0.3 is 5.97 Å². The molecule has 0 unspecified atom stereocenters. The fraction of sp³-hybridized carbons (Fsp3) is 0.222. The van der Waals surface area contributed by atoms with E-state index in [9.17, 15) is 27.2 Å². The second kappa shape index (κ2) is 8.52. The Labute approximate surface area is 151 Å². The van der Waals surface area contributed by atoms with E-state index in [4.69, 9.17) is 9.47 Å². The highest BCUT2D eigenvalue weighted by molar-refractivity contribution is 5.95. The Morgan fingerprint density at radius 1 is 0.889 bits per heavy atom. The maximum absolute atomic E-state index is 13.6. The monoisotopic (exact) mass is 385 g/mol. The van der Waals surface area contributed by atoms with Crippen LogP contribution in [-0.2, 0) is 14.3 Å². The molecule has 27 heavy (non-hydrogen) atoms. The summed E-state index contributed by atoms with van der Waals surface area (Å²) in [4.78, 5) is 23.9. The van der Waals surface area contributed by atoms with Crippen LogP contribution in [0.4, 0.5) is 23.2 Å². The van der Waals surface area contributed by atoms with E-state index in [2.05, 4.69) is 0 Å². The molecule has 2 atom stereocenters. The molecule has 2 aromatic carbocycles. The van der Waals surface area contributed by atoms with Gasteiger partial charge in [0.2, 0.25) is 0 Å². The molecule has 9 heteroatoms. The van der Waals surface area contributed by atoms with E-state index in [1.807, 2.05) is 5.32 Å². The lowest BCUT2D eigenvalue weighted by atomic mass is 10.2. The molecule has 0 radical (unpaired) electrons. The molecule has 0 aliphatic rings. The summed E-state index contributed by atoms with van der Waals surface area (Å²) in [7, 11) is 0. The van der Waals surface area contributed by atoms with Crippen LogP contribution in [0.25, 0.3) is 0 Å². The fourth-order valence-electron chi connectivity index (χ4n) is 1.95. The van der Waals surface area contributed by atoms with Gasteiger partial charge in [0.1, 0.15) is 11.6 Å². The van der Waals surface area contributed by atoms with E-state index in [1.54, 1.807) is 0 Å². The average Bonchev–Trinajstić information content (AvgIpc) is 2.63. The molecular formula is C18H15F4NO4. The fourth-order valence-corrected chi connectivity index (χ4v) is 1.95. The number of esters is 1. The summed E-state index contributed by atoms with van der Waals surface area (Å²) >= 11 is 0. The van der Waals surface area contributed by atoms with Crippen LogP contribution in [0.15, 0.2) is 36.4 Å². The number of carbonyl (C=O) groups is 2. The smallest absolute Gasteiger partial charge is 0.347 e. The molecule has 144 valence electrons. The predicted octanol–water partition coefficient (Wildman–Crippen LogP) is 3.58. The third-order valence-corrected chi connectivity index (χ3v) is 3.41. The molecule has 0 spiro atoms. The number of carbonyl (C=O) groups excluding carboxylic acids is 2. The van der Waals surface area contributed by atoms with Gasteiger partial charge in [-0.2, -0.15) is 0 Å². The Balaban J connectivity index is 1.94. The summed E-state index contributed by atoms with van der Waals surface area (Å²) < 4.78 is 62.6. The van der Waals surface area contributed by atoms with Gasteiger partial charge in [0.05, 0.1) is 5.69 Å². The van der Waals surface area contributed by atoms with Gasteiger partial charge in [-0.25, -0.2) is 22.4 Å². The van der Waals surface area contributed by atoms with Crippen LogP contribution in [0.5, 0.6) is 5.75 Å². The second-order valence-electron chi connectivity index (χ2n) is 5.51. The third-order valence-electron chi connectivity index (χ3n) is 3.41. The number of rotatable bonds is 6. The minimum absolute atomic E-state index is 0.210. The molecular weight excluding hydrogens is 370 g/mol. The summed E-state index contributed by atoms with van der Waals surface area (Å²) in [5.41, 5.74) is -0.600. The first-order chi connectivity index (χ1) is 12.7. The van der Waals surface area contributed by atoms with Crippen molar-refractivity contribution in [2.75, 3.05) is 5.32 Å². The molecule has 1 amide bonds. The lowest BCUT2D eigenvalue weighted by Crippen LogP contribution is -2.35. The standard InChI is InChI=1S/C18H15F4NO4/c1-9(17(24)23-14-8-7-13(20)15(21)16(14)22)27-18(25)10(2)26-12-5-3-11(19)4-6-12/h3-10H,1-2H3,(H,23,24)/t9-,10+/m1/s1. The predicted molar refractivity (Wildman–Crippen MR) is 87.0 cm³/mol. The number of nitrogens with one attached hydrogen (secondary N) is 1. The molecule has 2 aromatic rings. The number of ether oxygens (including phenoxy) is 2. The van der Waals surface area contributed by atoms with E-state index >= 15 is 0 Å². The van der Waals surface area contributed by atoms with E-state index in [0.717, 1.165) is 18.2 Å². The van der Waals surface area contributed by atoms with Crippen LogP contribution in [0.1, 0.15) is 13.8 Å². The average molecular weight is 385 g/mol. The minimum atomic E-state index is -1.74. The Kier molecular flexibility index (Phi) is 6.38. The molecule has 0 aromatic heterocycles. The zero-order valence-corrected chi connectivity index (χ0v) is 14.3. The van der Waals surface area contributed by atoms with Crippen LogP contribution in [0.2, 0.25) is 0 Å². The van der Waals surface area contributed by atoms with Crippen LogP contribution >= 0.6 is 0 Å². The minimum Gasteiger partial charge on any atom is -0.479 e. The van der Waals surface area contributed by atoms with Crippen molar-refractivity contribution in [3.63, 3.8) is 0 Å². The van der Waals surface area contributed by atoms with Gasteiger partial charge in [-0.3, -0.25) is 4.79 Å². The van der Waals surface area contributed by atoms with Crippen molar-refractivity contribution in [3.8, 4) is 5.75 Å². The van der Waals surface area contributed by atoms with Crippen LogP contribution in [0.3, 0.4) is 0 Å². The summed E-state index contributed by atoms with van der Waals surface area (Å²) in [6.07, 6.45) is -2.49. The highest BCUT2D eigenvalue weighted by Crippen LogP contribution is 2.20. The molecule has 1 N–H and O–H groups in total. The molecule has 0 fully saturated rings. The Hall–Kier alpha value is -3.10. The molecule has 2 rings (SSSR count). The summed E-state index contributed by atoms with van der Waals surface area (Å²) in [5, 5.41) is 2.00. The first-order valence-electron chi connectivity index (χ1n) is 7.76. The van der Waals surface area contributed by atoms with Crippen molar-refractivity contribution < 1.29 is 36.6 Å². The number of amides is 1. The number of halogens is 4. The van der Waals surface area contributed by atoms with Gasteiger partial charge < -0.3 is 14.8 Å². The second-order valence-corrected chi connectivity index (χ2v) is 5.51. The Morgan fingerprint density at radius 2 is 1.52 bits per heavy atom. The highest BCUT2D eigenvalue weighted by atomic mass is 19.2. The molecule has 5 nitrogen and oxygen atoms in total. The number of hydrogen-bond donors (Lipinski definition) is 1. The number of anilines is 1. The number of benzene rings is 2. The van der Waals surface area contributed by atoms with Gasteiger partial charge in [0.25, 0.3) is 5.91 Å². The molecule has 0 bridgehead atoms. The zero-order chi connectivity index (χ0) is 20.1. The summed E-state index contributed by atoms with van der Waals surface area (Å²) in [6.45, 7) is 2.56. The quantitative estimate of drug-likeness (QED) is 0.469. The van der Waals surface area contributed by atoms with Gasteiger partial charge in [-0.15, -0.1) is 0 Å². The maximum atomic E-state index is 13.6. The molecule has 0 heterocycles. The Morgan fingerprint density at radius 3 is 2.15 bits per heavy atom. The first-order valence-corrected chi connectivity index (χ1v) is 7.76. The SMILES string of the molecule is C[C@H](Oc1ccc(F)cc1)C(=O)O[C@H](C)C(=O)Nc1ccc(F)c(F)c1F. The van der Waals surface area contributed by atoms with E-state index in [1.165, 1.54) is 26.0 Å². The van der Waals surface area contributed by atoms with Gasteiger partial charge in [0.15, 0.2) is 29.7 Å². The topological polar surface area (TPSA) is 64.6 Å². The highest BCUT2D eigenvalue weighted by Gasteiger charge is 2.24. The molecule has 0 saturated carbocycles. The lowest BCUT2D eigenvalue weighted by molar-refractivity contribution is -0.159. The van der Waals surface area contributed by atoms with Crippen molar-refractivity contribution >= 4 is 17.6 Å². The number of hydrogen-bond acceptors (Lipinski definition) is 4. The van der Waals surface area contributed by atoms with Crippen molar-refractivity contribution in [2.45, 2.75) is 26.1 Å². The third kappa shape index (κ3) is 5.19. The zero-order valence-electron chi connectivity index (χ0n) is 14.3. The van der Waals surface area contributed by atoms with E-state index < -0.39 is 53.0 Å². The largest absolute Gasteiger partial charge is 0.479 e. The Bertz CT molecular complexity index is 842. The van der Waals surface area contributed by atoms with Crippen molar-refractivity contribution in [2.24, 2.45) is 0 Å². The van der Waals surface area contributed by atoms with Gasteiger partial charge in [-0.05, 0) is 50.2 Å². The van der Waals surface area contributed by atoms with Gasteiger partial charge in [0, 0.05) is 0 Å². The molecule has 0 aliphatic carbocycles. The lowest BCUT2D eigenvalue weighted by Gasteiger charge is -2.18. The van der Waals surface area contributed by atoms with Crippen LogP contribution in [0, 0.1) is 23.3 Å². The van der Waals surface area contributed by atoms with E-state index in [-0.39, 0.29) is 5.75 Å². The normalized spacial score (nSPS) is 12.8. The van der Waals surface area contributed by atoms with Crippen molar-refractivity contribution in [1.82, 2.24) is 0 Å². The van der Waals surface area contributed by atoms with Crippen LogP contribution < -0.4 is 10.1 Å².